The summed E-state index contributed by atoms with van der Waals surface area (Å²) in [5.41, 5.74) is 0. The number of hydrogen-bond acceptors (Lipinski definition) is 3. The fraction of sp³-hybridized carbons (Fsp3) is 0.700. The molecule has 1 fully saturated rings. The summed E-state index contributed by atoms with van der Waals surface area (Å²) in [4.78, 5) is 0. The van der Waals surface area contributed by atoms with E-state index in [1.165, 1.54) is 16.6 Å². The number of aromatic nitrogens is 2. The molecule has 96 valence electrons. The number of hydrogen-bond donors (Lipinski definition) is 1. The number of nitrogens with one attached hydrogen (secondary N) is 1. The molecule has 1 aromatic rings. The summed E-state index contributed by atoms with van der Waals surface area (Å²) in [7, 11) is -3.40. The van der Waals surface area contributed by atoms with Crippen LogP contribution in [-0.2, 0) is 10.0 Å². The number of piperidine rings is 1. The lowest BCUT2D eigenvalue weighted by atomic mass is 9.95. The maximum absolute atomic E-state index is 12.1. The molecule has 1 unspecified atom stereocenters. The standard InChI is InChI=1S/C10H16ClN3O2S/c1-8(11)9-3-6-14(7-4-9)17(15,16)10-2-5-12-13-10/h2,5,8-9H,3-4,6-7H2,1H3,(H,12,13). The first-order chi connectivity index (χ1) is 8.01. The van der Waals surface area contributed by atoms with Crippen LogP contribution in [0.1, 0.15) is 19.8 Å². The maximum Gasteiger partial charge on any atom is 0.259 e. The Kier molecular flexibility index (Phi) is 3.75. The molecule has 0 amide bonds. The van der Waals surface area contributed by atoms with Crippen molar-refractivity contribution in [3.63, 3.8) is 0 Å². The van der Waals surface area contributed by atoms with Crippen LogP contribution in [0.25, 0.3) is 0 Å². The SMILES string of the molecule is CC(Cl)C1CCN(S(=O)(=O)c2ccn[nH]2)CC1. The molecule has 1 aromatic heterocycles. The molecule has 0 aliphatic carbocycles. The van der Waals surface area contributed by atoms with Gasteiger partial charge in [0.25, 0.3) is 10.0 Å². The Bertz CT molecular complexity index is 450. The van der Waals surface area contributed by atoms with Crippen molar-refractivity contribution in [1.82, 2.24) is 14.5 Å². The average Bonchev–Trinajstić information content (AvgIpc) is 2.83. The summed E-state index contributed by atoms with van der Waals surface area (Å²) in [6, 6.07) is 1.48. The molecule has 1 N–H and O–H groups in total. The molecule has 1 saturated heterocycles. The topological polar surface area (TPSA) is 66.1 Å². The van der Waals surface area contributed by atoms with E-state index < -0.39 is 10.0 Å². The molecule has 0 saturated carbocycles. The van der Waals surface area contributed by atoms with E-state index in [0.717, 1.165) is 12.8 Å². The first kappa shape index (κ1) is 12.9. The van der Waals surface area contributed by atoms with Crippen molar-refractivity contribution in [1.29, 1.82) is 0 Å². The Hall–Kier alpha value is -0.590. The third-order valence-electron chi connectivity index (χ3n) is 3.24. The van der Waals surface area contributed by atoms with Gasteiger partial charge in [-0.15, -0.1) is 11.6 Å². The Morgan fingerprint density at radius 2 is 2.18 bits per heavy atom. The van der Waals surface area contributed by atoms with Crippen LogP contribution in [0.4, 0.5) is 0 Å². The Morgan fingerprint density at radius 3 is 2.65 bits per heavy atom. The lowest BCUT2D eigenvalue weighted by Gasteiger charge is -2.31. The number of nitrogens with zero attached hydrogens (tertiary/aromatic N) is 2. The molecular formula is C10H16ClN3O2S. The van der Waals surface area contributed by atoms with Crippen LogP contribution in [0.3, 0.4) is 0 Å². The quantitative estimate of drug-likeness (QED) is 0.850. The van der Waals surface area contributed by atoms with E-state index in [9.17, 15) is 8.42 Å². The maximum atomic E-state index is 12.1. The van der Waals surface area contributed by atoms with Crippen molar-refractivity contribution in [3.8, 4) is 0 Å². The second-order valence-electron chi connectivity index (χ2n) is 4.34. The van der Waals surface area contributed by atoms with Gasteiger partial charge in [-0.05, 0) is 31.7 Å². The molecule has 0 bridgehead atoms. The second-order valence-corrected chi connectivity index (χ2v) is 6.93. The van der Waals surface area contributed by atoms with Gasteiger partial charge in [0, 0.05) is 18.5 Å². The largest absolute Gasteiger partial charge is 0.266 e. The molecular weight excluding hydrogens is 262 g/mol. The van der Waals surface area contributed by atoms with Crippen molar-refractivity contribution in [2.45, 2.75) is 30.2 Å². The summed E-state index contributed by atoms with van der Waals surface area (Å²) in [5, 5.41) is 6.44. The molecule has 0 aromatic carbocycles. The highest BCUT2D eigenvalue weighted by Gasteiger charge is 2.31. The Morgan fingerprint density at radius 1 is 1.53 bits per heavy atom. The molecule has 2 rings (SSSR count). The fourth-order valence-electron chi connectivity index (χ4n) is 2.10. The Balaban J connectivity index is 2.07. The van der Waals surface area contributed by atoms with Gasteiger partial charge >= 0.3 is 0 Å². The highest BCUT2D eigenvalue weighted by Crippen LogP contribution is 2.26. The van der Waals surface area contributed by atoms with Gasteiger partial charge in [-0.2, -0.15) is 9.40 Å². The zero-order chi connectivity index (χ0) is 12.5. The normalized spacial score (nSPS) is 21.5. The highest BCUT2D eigenvalue weighted by atomic mass is 35.5. The summed E-state index contributed by atoms with van der Waals surface area (Å²) in [6.45, 7) is 3.03. The smallest absolute Gasteiger partial charge is 0.259 e. The molecule has 1 aliphatic rings. The van der Waals surface area contributed by atoms with Crippen LogP contribution >= 0.6 is 11.6 Å². The highest BCUT2D eigenvalue weighted by molar-refractivity contribution is 7.89. The summed E-state index contributed by atoms with van der Waals surface area (Å²) in [5.74, 6) is 0.407. The van der Waals surface area contributed by atoms with E-state index in [-0.39, 0.29) is 10.4 Å². The van der Waals surface area contributed by atoms with Gasteiger partial charge in [0.15, 0.2) is 5.03 Å². The minimum atomic E-state index is -3.40. The van der Waals surface area contributed by atoms with Gasteiger partial charge in [-0.3, -0.25) is 5.10 Å². The molecule has 17 heavy (non-hydrogen) atoms. The van der Waals surface area contributed by atoms with Gasteiger partial charge in [0.05, 0.1) is 6.20 Å². The number of sulfonamides is 1. The fourth-order valence-corrected chi connectivity index (χ4v) is 3.72. The first-order valence-corrected chi connectivity index (χ1v) is 7.53. The van der Waals surface area contributed by atoms with Gasteiger partial charge in [-0.25, -0.2) is 8.42 Å². The van der Waals surface area contributed by atoms with E-state index in [0.29, 0.717) is 19.0 Å². The summed E-state index contributed by atoms with van der Waals surface area (Å²) < 4.78 is 25.8. The van der Waals surface area contributed by atoms with Crippen molar-refractivity contribution in [3.05, 3.63) is 12.3 Å². The number of H-pyrrole nitrogens is 1. The van der Waals surface area contributed by atoms with Crippen LogP contribution in [-0.4, -0.2) is 41.4 Å². The molecule has 2 heterocycles. The number of halogens is 1. The van der Waals surface area contributed by atoms with Gasteiger partial charge in [-0.1, -0.05) is 0 Å². The van der Waals surface area contributed by atoms with E-state index >= 15 is 0 Å². The lowest BCUT2D eigenvalue weighted by Crippen LogP contribution is -2.40. The van der Waals surface area contributed by atoms with E-state index in [2.05, 4.69) is 10.2 Å². The van der Waals surface area contributed by atoms with Crippen LogP contribution < -0.4 is 0 Å². The van der Waals surface area contributed by atoms with Gasteiger partial charge < -0.3 is 0 Å². The Labute approximate surface area is 106 Å². The summed E-state index contributed by atoms with van der Waals surface area (Å²) in [6.07, 6.45) is 3.08. The van der Waals surface area contributed by atoms with Crippen LogP contribution in [0.5, 0.6) is 0 Å². The number of aromatic amines is 1. The average molecular weight is 278 g/mol. The van der Waals surface area contributed by atoms with E-state index in [1.54, 1.807) is 0 Å². The monoisotopic (exact) mass is 277 g/mol. The van der Waals surface area contributed by atoms with Crippen LogP contribution in [0.15, 0.2) is 17.3 Å². The third kappa shape index (κ3) is 2.64. The summed E-state index contributed by atoms with van der Waals surface area (Å²) >= 11 is 6.03. The van der Waals surface area contributed by atoms with Gasteiger partial charge in [0.1, 0.15) is 0 Å². The molecule has 0 spiro atoms. The second kappa shape index (κ2) is 4.96. The van der Waals surface area contributed by atoms with Crippen molar-refractivity contribution in [2.75, 3.05) is 13.1 Å². The predicted molar refractivity (Wildman–Crippen MR) is 65.4 cm³/mol. The van der Waals surface area contributed by atoms with Crippen LogP contribution in [0, 0.1) is 5.92 Å². The van der Waals surface area contributed by atoms with Crippen molar-refractivity contribution in [2.24, 2.45) is 5.92 Å². The lowest BCUT2D eigenvalue weighted by molar-refractivity contribution is 0.271. The van der Waals surface area contributed by atoms with Crippen LogP contribution in [0.2, 0.25) is 0 Å². The molecule has 0 radical (unpaired) electrons. The minimum absolute atomic E-state index is 0.104. The minimum Gasteiger partial charge on any atom is -0.266 e. The predicted octanol–water partition coefficient (Wildman–Crippen LogP) is 1.44. The number of rotatable bonds is 3. The zero-order valence-electron chi connectivity index (χ0n) is 9.63. The van der Waals surface area contributed by atoms with Crippen molar-refractivity contribution >= 4 is 21.6 Å². The molecule has 5 nitrogen and oxygen atoms in total. The zero-order valence-corrected chi connectivity index (χ0v) is 11.2. The number of alkyl halides is 1. The van der Waals surface area contributed by atoms with E-state index in [1.807, 2.05) is 6.92 Å². The van der Waals surface area contributed by atoms with Crippen molar-refractivity contribution < 1.29 is 8.42 Å². The first-order valence-electron chi connectivity index (χ1n) is 5.65. The third-order valence-corrected chi connectivity index (χ3v) is 5.43. The van der Waals surface area contributed by atoms with E-state index in [4.69, 9.17) is 11.6 Å². The molecule has 1 atom stereocenters. The molecule has 1 aliphatic heterocycles. The van der Waals surface area contributed by atoms with Gasteiger partial charge in [0.2, 0.25) is 0 Å². The molecule has 7 heteroatoms.